The van der Waals surface area contributed by atoms with Crippen LogP contribution >= 0.6 is 0 Å². The summed E-state index contributed by atoms with van der Waals surface area (Å²) in [6, 6.07) is 2.94. The molecule has 1 aromatic heterocycles. The van der Waals surface area contributed by atoms with Gasteiger partial charge in [0.15, 0.2) is 5.03 Å². The molecule has 0 spiro atoms. The van der Waals surface area contributed by atoms with E-state index in [9.17, 15) is 8.42 Å². The molecular formula is C13H22N2O5S. The van der Waals surface area contributed by atoms with Gasteiger partial charge in [0, 0.05) is 40.1 Å². The first-order chi connectivity index (χ1) is 10.1. The SMILES string of the molecule is COCCCN(CCOC)S(=O)(=O)c1ccc(CO)cn1. The van der Waals surface area contributed by atoms with Crippen LogP contribution < -0.4 is 0 Å². The molecule has 0 saturated carbocycles. The van der Waals surface area contributed by atoms with Gasteiger partial charge in [0.25, 0.3) is 10.0 Å². The third kappa shape index (κ3) is 5.33. The summed E-state index contributed by atoms with van der Waals surface area (Å²) in [5, 5.41) is 8.94. The quantitative estimate of drug-likeness (QED) is 0.622. The predicted octanol–water partition coefficient (Wildman–Crippen LogP) is 0.247. The summed E-state index contributed by atoms with van der Waals surface area (Å²) >= 11 is 0. The van der Waals surface area contributed by atoms with Crippen molar-refractivity contribution in [1.29, 1.82) is 0 Å². The topological polar surface area (TPSA) is 89.0 Å². The summed E-state index contributed by atoms with van der Waals surface area (Å²) in [7, 11) is -0.579. The Morgan fingerprint density at radius 1 is 1.19 bits per heavy atom. The fraction of sp³-hybridized carbons (Fsp3) is 0.615. The van der Waals surface area contributed by atoms with Crippen molar-refractivity contribution in [2.75, 3.05) is 40.5 Å². The van der Waals surface area contributed by atoms with Crippen LogP contribution in [0.4, 0.5) is 0 Å². The second-order valence-electron chi connectivity index (χ2n) is 4.41. The minimum Gasteiger partial charge on any atom is -0.392 e. The molecule has 0 radical (unpaired) electrons. The van der Waals surface area contributed by atoms with Gasteiger partial charge in [-0.1, -0.05) is 6.07 Å². The molecule has 0 unspecified atom stereocenters. The van der Waals surface area contributed by atoms with E-state index < -0.39 is 10.0 Å². The molecule has 0 bridgehead atoms. The van der Waals surface area contributed by atoms with Gasteiger partial charge >= 0.3 is 0 Å². The van der Waals surface area contributed by atoms with Crippen molar-refractivity contribution in [3.8, 4) is 0 Å². The lowest BCUT2D eigenvalue weighted by Gasteiger charge is -2.21. The Morgan fingerprint density at radius 3 is 2.43 bits per heavy atom. The fourth-order valence-electron chi connectivity index (χ4n) is 1.72. The van der Waals surface area contributed by atoms with Gasteiger partial charge in [0.05, 0.1) is 13.2 Å². The third-order valence-electron chi connectivity index (χ3n) is 2.89. The predicted molar refractivity (Wildman–Crippen MR) is 77.3 cm³/mol. The van der Waals surface area contributed by atoms with Crippen molar-refractivity contribution >= 4 is 10.0 Å². The molecule has 120 valence electrons. The number of methoxy groups -OCH3 is 2. The van der Waals surface area contributed by atoms with Gasteiger partial charge < -0.3 is 14.6 Å². The van der Waals surface area contributed by atoms with E-state index in [2.05, 4.69) is 4.98 Å². The maximum Gasteiger partial charge on any atom is 0.260 e. The van der Waals surface area contributed by atoms with Crippen LogP contribution in [-0.4, -0.2) is 63.3 Å². The molecule has 0 saturated heterocycles. The highest BCUT2D eigenvalue weighted by atomic mass is 32.2. The number of aliphatic hydroxyl groups is 1. The number of rotatable bonds is 10. The van der Waals surface area contributed by atoms with Crippen LogP contribution in [0.15, 0.2) is 23.4 Å². The lowest BCUT2D eigenvalue weighted by molar-refractivity contribution is 0.164. The van der Waals surface area contributed by atoms with Crippen molar-refractivity contribution in [3.05, 3.63) is 23.9 Å². The average molecular weight is 318 g/mol. The van der Waals surface area contributed by atoms with Crippen LogP contribution in [0.3, 0.4) is 0 Å². The number of hydrogen-bond acceptors (Lipinski definition) is 6. The summed E-state index contributed by atoms with van der Waals surface area (Å²) in [6.07, 6.45) is 1.95. The maximum atomic E-state index is 12.5. The van der Waals surface area contributed by atoms with Gasteiger partial charge in [-0.15, -0.1) is 0 Å². The van der Waals surface area contributed by atoms with E-state index in [1.807, 2.05) is 0 Å². The van der Waals surface area contributed by atoms with Crippen LogP contribution in [0.1, 0.15) is 12.0 Å². The Balaban J connectivity index is 2.89. The average Bonchev–Trinajstić information content (AvgIpc) is 2.50. The summed E-state index contributed by atoms with van der Waals surface area (Å²) in [6.45, 7) is 1.21. The number of aromatic nitrogens is 1. The smallest absolute Gasteiger partial charge is 0.260 e. The molecule has 1 N–H and O–H groups in total. The summed E-state index contributed by atoms with van der Waals surface area (Å²) in [5.41, 5.74) is 0.566. The van der Waals surface area contributed by atoms with Crippen LogP contribution in [0.25, 0.3) is 0 Å². The van der Waals surface area contributed by atoms with Crippen LogP contribution in [0.2, 0.25) is 0 Å². The molecule has 0 aliphatic heterocycles. The van der Waals surface area contributed by atoms with E-state index >= 15 is 0 Å². The number of sulfonamides is 1. The highest BCUT2D eigenvalue weighted by Crippen LogP contribution is 2.14. The van der Waals surface area contributed by atoms with E-state index in [0.717, 1.165) is 0 Å². The number of aliphatic hydroxyl groups excluding tert-OH is 1. The second kappa shape index (κ2) is 9.06. The van der Waals surface area contributed by atoms with Gasteiger partial charge in [-0.2, -0.15) is 4.31 Å². The van der Waals surface area contributed by atoms with Crippen molar-refractivity contribution in [3.63, 3.8) is 0 Å². The van der Waals surface area contributed by atoms with Crippen molar-refractivity contribution in [2.24, 2.45) is 0 Å². The minimum absolute atomic E-state index is 0.0341. The zero-order valence-corrected chi connectivity index (χ0v) is 13.2. The Morgan fingerprint density at radius 2 is 1.90 bits per heavy atom. The minimum atomic E-state index is -3.67. The molecule has 1 rings (SSSR count). The summed E-state index contributed by atoms with van der Waals surface area (Å²) in [5.74, 6) is 0. The highest BCUT2D eigenvalue weighted by Gasteiger charge is 2.25. The first-order valence-electron chi connectivity index (χ1n) is 6.60. The fourth-order valence-corrected chi connectivity index (χ4v) is 3.09. The van der Waals surface area contributed by atoms with Gasteiger partial charge in [0.2, 0.25) is 0 Å². The molecule has 0 fully saturated rings. The summed E-state index contributed by atoms with van der Waals surface area (Å²) in [4.78, 5) is 3.92. The van der Waals surface area contributed by atoms with E-state index in [-0.39, 0.29) is 18.2 Å². The van der Waals surface area contributed by atoms with Crippen molar-refractivity contribution in [1.82, 2.24) is 9.29 Å². The van der Waals surface area contributed by atoms with E-state index in [1.54, 1.807) is 13.2 Å². The third-order valence-corrected chi connectivity index (χ3v) is 4.70. The van der Waals surface area contributed by atoms with Gasteiger partial charge in [-0.3, -0.25) is 0 Å². The molecule has 0 atom stereocenters. The van der Waals surface area contributed by atoms with Gasteiger partial charge in [-0.05, 0) is 18.1 Å². The number of pyridine rings is 1. The Hall–Kier alpha value is -1.06. The van der Waals surface area contributed by atoms with E-state index in [1.165, 1.54) is 23.7 Å². The van der Waals surface area contributed by atoms with E-state index in [4.69, 9.17) is 14.6 Å². The molecule has 7 nitrogen and oxygen atoms in total. The molecule has 0 aliphatic carbocycles. The van der Waals surface area contributed by atoms with Crippen molar-refractivity contribution in [2.45, 2.75) is 18.1 Å². The lowest BCUT2D eigenvalue weighted by Crippen LogP contribution is -2.35. The Bertz CT molecular complexity index is 504. The highest BCUT2D eigenvalue weighted by molar-refractivity contribution is 7.89. The number of nitrogens with zero attached hydrogens (tertiary/aromatic N) is 2. The molecule has 0 aromatic carbocycles. The largest absolute Gasteiger partial charge is 0.392 e. The molecular weight excluding hydrogens is 296 g/mol. The Kier molecular flexibility index (Phi) is 7.76. The standard InChI is InChI=1S/C13H22N2O5S/c1-19-8-3-6-15(7-9-20-2)21(17,18)13-5-4-12(11-16)10-14-13/h4-5,10,16H,3,6-9,11H2,1-2H3. The maximum absolute atomic E-state index is 12.5. The zero-order valence-electron chi connectivity index (χ0n) is 12.4. The molecule has 8 heteroatoms. The molecule has 1 aromatic rings. The van der Waals surface area contributed by atoms with Crippen LogP contribution in [0.5, 0.6) is 0 Å². The number of ether oxygens (including phenoxy) is 2. The van der Waals surface area contributed by atoms with Crippen molar-refractivity contribution < 1.29 is 23.0 Å². The van der Waals surface area contributed by atoms with Gasteiger partial charge in [-0.25, -0.2) is 13.4 Å². The van der Waals surface area contributed by atoms with Gasteiger partial charge in [0.1, 0.15) is 0 Å². The molecule has 21 heavy (non-hydrogen) atoms. The molecule has 0 amide bonds. The second-order valence-corrected chi connectivity index (χ2v) is 6.29. The lowest BCUT2D eigenvalue weighted by atomic mass is 10.3. The molecule has 1 heterocycles. The number of hydrogen-bond donors (Lipinski definition) is 1. The zero-order chi connectivity index (χ0) is 15.7. The normalized spacial score (nSPS) is 12.0. The van der Waals surface area contributed by atoms with E-state index in [0.29, 0.717) is 31.7 Å². The first kappa shape index (κ1) is 18.0. The summed E-state index contributed by atoms with van der Waals surface area (Å²) < 4.78 is 36.3. The van der Waals surface area contributed by atoms with Crippen LogP contribution in [0, 0.1) is 0 Å². The molecule has 0 aliphatic rings. The Labute approximate surface area is 125 Å². The van der Waals surface area contributed by atoms with Crippen LogP contribution in [-0.2, 0) is 26.1 Å². The monoisotopic (exact) mass is 318 g/mol. The first-order valence-corrected chi connectivity index (χ1v) is 8.04.